The maximum absolute atomic E-state index is 11.6. The fraction of sp³-hybridized carbons (Fsp3) is 0.250. The standard InChI is InChI=1S/C8H11NO6P2S/c10-16(11,12)8(17(13,14)15)3-1-5-6(18)2-4-9-7(5)8/h1-3,9,18H,4H2,(H2,10,11,12)(H2,13,14,15). The zero-order valence-electron chi connectivity index (χ0n) is 8.89. The van der Waals surface area contributed by atoms with Gasteiger partial charge in [-0.3, -0.25) is 9.13 Å². The van der Waals surface area contributed by atoms with Crippen LogP contribution in [0.5, 0.6) is 0 Å². The quantitative estimate of drug-likeness (QED) is 0.319. The first-order valence-corrected chi connectivity index (χ1v) is 8.47. The van der Waals surface area contributed by atoms with Crippen LogP contribution in [-0.2, 0) is 9.13 Å². The molecule has 0 bridgehead atoms. The Hall–Kier alpha value is -0.330. The van der Waals surface area contributed by atoms with Crippen LogP contribution in [0, 0.1) is 0 Å². The van der Waals surface area contributed by atoms with E-state index >= 15 is 0 Å². The second-order valence-corrected chi connectivity index (χ2v) is 8.33. The first-order chi connectivity index (χ1) is 8.11. The first-order valence-electron chi connectivity index (χ1n) is 4.80. The molecule has 0 spiro atoms. The van der Waals surface area contributed by atoms with E-state index in [1.807, 2.05) is 0 Å². The predicted molar refractivity (Wildman–Crippen MR) is 68.1 cm³/mol. The molecule has 18 heavy (non-hydrogen) atoms. The average Bonchev–Trinajstić information content (AvgIpc) is 2.57. The monoisotopic (exact) mass is 311 g/mol. The van der Waals surface area contributed by atoms with E-state index < -0.39 is 20.1 Å². The van der Waals surface area contributed by atoms with Crippen molar-refractivity contribution in [1.82, 2.24) is 5.32 Å². The summed E-state index contributed by atoms with van der Waals surface area (Å²) in [5, 5.41) is 2.62. The summed E-state index contributed by atoms with van der Waals surface area (Å²) in [4.78, 5) is 35.3. The van der Waals surface area contributed by atoms with Crippen LogP contribution in [-0.4, -0.2) is 31.0 Å². The van der Waals surface area contributed by atoms with Gasteiger partial charge in [0.25, 0.3) is 0 Å². The van der Waals surface area contributed by atoms with Crippen molar-refractivity contribution in [3.8, 4) is 0 Å². The molecule has 0 saturated heterocycles. The number of rotatable bonds is 2. The molecule has 0 aromatic carbocycles. The molecule has 7 nitrogen and oxygen atoms in total. The fourth-order valence-electron chi connectivity index (χ4n) is 2.02. The van der Waals surface area contributed by atoms with Crippen molar-refractivity contribution < 1.29 is 28.7 Å². The topological polar surface area (TPSA) is 127 Å². The highest BCUT2D eigenvalue weighted by Crippen LogP contribution is 2.74. The molecule has 0 unspecified atom stereocenters. The van der Waals surface area contributed by atoms with Gasteiger partial charge >= 0.3 is 15.2 Å². The van der Waals surface area contributed by atoms with E-state index in [1.54, 1.807) is 6.08 Å². The van der Waals surface area contributed by atoms with E-state index in [0.717, 1.165) is 6.08 Å². The zero-order valence-corrected chi connectivity index (χ0v) is 11.6. The third kappa shape index (κ3) is 1.77. The van der Waals surface area contributed by atoms with Gasteiger partial charge in [-0.2, -0.15) is 0 Å². The highest BCUT2D eigenvalue weighted by Gasteiger charge is 2.64. The number of allylic oxidation sites excluding steroid dienone is 3. The van der Waals surface area contributed by atoms with E-state index in [0.29, 0.717) is 4.91 Å². The summed E-state index contributed by atoms with van der Waals surface area (Å²) in [5.41, 5.74) is 0.118. The predicted octanol–water partition coefficient (Wildman–Crippen LogP) is 0.279. The number of nitrogens with one attached hydrogen (secondary N) is 1. The molecule has 0 aromatic rings. The van der Waals surface area contributed by atoms with E-state index in [4.69, 9.17) is 0 Å². The Balaban J connectivity index is 2.75. The average molecular weight is 311 g/mol. The Bertz CT molecular complexity index is 560. The van der Waals surface area contributed by atoms with Crippen molar-refractivity contribution in [2.75, 3.05) is 6.54 Å². The lowest BCUT2D eigenvalue weighted by atomic mass is 10.1. The summed E-state index contributed by atoms with van der Waals surface area (Å²) in [7, 11) is -10.2. The second kappa shape index (κ2) is 4.08. The van der Waals surface area contributed by atoms with Crippen LogP contribution in [0.3, 0.4) is 0 Å². The molecule has 1 aliphatic carbocycles. The Morgan fingerprint density at radius 1 is 1.22 bits per heavy atom. The third-order valence-corrected chi connectivity index (χ3v) is 7.37. The molecule has 2 aliphatic rings. The number of thiol groups is 1. The lowest BCUT2D eigenvalue weighted by Gasteiger charge is -2.33. The van der Waals surface area contributed by atoms with Crippen LogP contribution in [0.25, 0.3) is 0 Å². The Labute approximate surface area is 108 Å². The lowest BCUT2D eigenvalue weighted by molar-refractivity contribution is 0.328. The Kier molecular flexibility index (Phi) is 3.19. The SMILES string of the molecule is O=P(O)(O)C1(P(=O)(O)O)C=CC2=C1NCC=C2S. The minimum atomic E-state index is -5.11. The van der Waals surface area contributed by atoms with Crippen molar-refractivity contribution in [2.24, 2.45) is 0 Å². The maximum Gasteiger partial charge on any atom is 0.353 e. The molecular formula is C8H11NO6P2S. The minimum absolute atomic E-state index is 0.170. The third-order valence-electron chi connectivity index (χ3n) is 2.86. The van der Waals surface area contributed by atoms with Crippen molar-refractivity contribution in [3.05, 3.63) is 34.4 Å². The molecule has 2 rings (SSSR count). The number of hydrogen-bond donors (Lipinski definition) is 6. The second-order valence-electron chi connectivity index (χ2n) is 3.91. The van der Waals surface area contributed by atoms with E-state index in [2.05, 4.69) is 17.9 Å². The van der Waals surface area contributed by atoms with Gasteiger partial charge in [-0.15, -0.1) is 12.6 Å². The number of hydrogen-bond acceptors (Lipinski definition) is 4. The molecule has 0 radical (unpaired) electrons. The van der Waals surface area contributed by atoms with Crippen molar-refractivity contribution in [2.45, 2.75) is 4.90 Å². The molecule has 1 heterocycles. The summed E-state index contributed by atoms with van der Waals surface area (Å²) in [5.74, 6) is 0. The molecule has 0 amide bonds. The highest BCUT2D eigenvalue weighted by atomic mass is 32.1. The van der Waals surface area contributed by atoms with Gasteiger partial charge in [0.1, 0.15) is 0 Å². The molecule has 5 N–H and O–H groups in total. The van der Waals surface area contributed by atoms with E-state index in [9.17, 15) is 28.7 Å². The Morgan fingerprint density at radius 2 is 1.78 bits per heavy atom. The van der Waals surface area contributed by atoms with E-state index in [1.165, 1.54) is 6.08 Å². The smallest absolute Gasteiger partial charge is 0.353 e. The molecule has 0 saturated carbocycles. The summed E-state index contributed by atoms with van der Waals surface area (Å²) >= 11 is 4.11. The van der Waals surface area contributed by atoms with Crippen molar-refractivity contribution in [3.63, 3.8) is 0 Å². The van der Waals surface area contributed by atoms with Gasteiger partial charge in [0.2, 0.25) is 4.90 Å². The molecular weight excluding hydrogens is 300 g/mol. The molecule has 100 valence electrons. The number of dihydropyridines is 1. The van der Waals surface area contributed by atoms with Crippen molar-refractivity contribution in [1.29, 1.82) is 0 Å². The first kappa shape index (κ1) is 14.1. The zero-order chi connectivity index (χ0) is 13.8. The van der Waals surface area contributed by atoms with Gasteiger partial charge in [-0.1, -0.05) is 12.2 Å². The van der Waals surface area contributed by atoms with Crippen LogP contribution in [0.15, 0.2) is 34.4 Å². The maximum atomic E-state index is 11.6. The van der Waals surface area contributed by atoms with Gasteiger partial charge in [-0.25, -0.2) is 0 Å². The molecule has 0 aromatic heterocycles. The summed E-state index contributed by atoms with van der Waals surface area (Å²) in [6, 6.07) is 0. The van der Waals surface area contributed by atoms with Crippen LogP contribution < -0.4 is 5.32 Å². The van der Waals surface area contributed by atoms with Gasteiger partial charge in [0, 0.05) is 17.0 Å². The van der Waals surface area contributed by atoms with E-state index in [-0.39, 0.29) is 17.8 Å². The Morgan fingerprint density at radius 3 is 2.28 bits per heavy atom. The van der Waals surface area contributed by atoms with Crippen LogP contribution in [0.2, 0.25) is 0 Å². The van der Waals surface area contributed by atoms with Crippen molar-refractivity contribution >= 4 is 27.8 Å². The summed E-state index contributed by atoms with van der Waals surface area (Å²) in [6.45, 7) is 0.196. The summed E-state index contributed by atoms with van der Waals surface area (Å²) in [6.07, 6.45) is 3.77. The van der Waals surface area contributed by atoms with Gasteiger partial charge in [0.05, 0.1) is 5.70 Å². The normalized spacial score (nSPS) is 22.6. The highest BCUT2D eigenvalue weighted by molar-refractivity contribution is 7.84. The minimum Gasteiger partial charge on any atom is -0.383 e. The molecule has 0 atom stereocenters. The largest absolute Gasteiger partial charge is 0.383 e. The van der Waals surface area contributed by atoms with Crippen LogP contribution in [0.4, 0.5) is 0 Å². The molecule has 1 aliphatic heterocycles. The molecule has 0 fully saturated rings. The van der Waals surface area contributed by atoms with Crippen LogP contribution >= 0.6 is 27.8 Å². The van der Waals surface area contributed by atoms with Gasteiger partial charge < -0.3 is 24.9 Å². The molecule has 10 heteroatoms. The van der Waals surface area contributed by atoms with Gasteiger partial charge in [-0.05, 0) is 6.08 Å². The van der Waals surface area contributed by atoms with Crippen LogP contribution in [0.1, 0.15) is 0 Å². The fourth-order valence-corrected chi connectivity index (χ4v) is 5.17. The summed E-state index contributed by atoms with van der Waals surface area (Å²) < 4.78 is 23.2. The van der Waals surface area contributed by atoms with Gasteiger partial charge in [0.15, 0.2) is 0 Å². The lowest BCUT2D eigenvalue weighted by Crippen LogP contribution is -2.36.